The van der Waals surface area contributed by atoms with Crippen molar-refractivity contribution in [2.45, 2.75) is 94.7 Å². The summed E-state index contributed by atoms with van der Waals surface area (Å²) in [5.74, 6) is 5.53. The van der Waals surface area contributed by atoms with Gasteiger partial charge in [-0.2, -0.15) is 0 Å². The Balaban J connectivity index is 1.61. The van der Waals surface area contributed by atoms with Gasteiger partial charge in [0.1, 0.15) is 11.7 Å². The van der Waals surface area contributed by atoms with Crippen LogP contribution in [0.15, 0.2) is 34.9 Å². The van der Waals surface area contributed by atoms with Crippen molar-refractivity contribution in [1.82, 2.24) is 0 Å². The number of aliphatic hydroxyl groups excluding tert-OH is 1. The molecule has 2 N–H and O–H groups in total. The maximum absolute atomic E-state index is 10.6. The van der Waals surface area contributed by atoms with Crippen molar-refractivity contribution < 1.29 is 19.7 Å². The Kier molecular flexibility index (Phi) is 5.31. The predicted molar refractivity (Wildman–Crippen MR) is 108 cm³/mol. The molecule has 0 aromatic carbocycles. The smallest absolute Gasteiger partial charge is 0.165 e. The summed E-state index contributed by atoms with van der Waals surface area (Å²) in [5, 5.41) is 20.6. The highest BCUT2D eigenvalue weighted by molar-refractivity contribution is 5.62. The van der Waals surface area contributed by atoms with Gasteiger partial charge in [-0.3, -0.25) is 0 Å². The zero-order chi connectivity index (χ0) is 19.8. The molecule has 3 fully saturated rings. The number of hydrogen-bond donors (Lipinski definition) is 2. The SMILES string of the molecule is CC1(C)O[C@H]2/C(=C(/C#C/C=C/C3(O)CCCCC3)CO)C3=CCCCC[C@@]32O1. The van der Waals surface area contributed by atoms with Crippen molar-refractivity contribution >= 4 is 0 Å². The van der Waals surface area contributed by atoms with E-state index >= 15 is 0 Å². The van der Waals surface area contributed by atoms with Gasteiger partial charge in [0.2, 0.25) is 0 Å². The third kappa shape index (κ3) is 3.50. The predicted octanol–water partition coefficient (Wildman–Crippen LogP) is 3.93. The van der Waals surface area contributed by atoms with Crippen molar-refractivity contribution in [1.29, 1.82) is 0 Å². The molecule has 3 aliphatic carbocycles. The minimum Gasteiger partial charge on any atom is -0.391 e. The molecule has 4 heteroatoms. The highest BCUT2D eigenvalue weighted by Crippen LogP contribution is 2.59. The Labute approximate surface area is 168 Å². The molecule has 0 aromatic rings. The summed E-state index contributed by atoms with van der Waals surface area (Å²) >= 11 is 0. The van der Waals surface area contributed by atoms with Gasteiger partial charge in [-0.05, 0) is 70.1 Å². The number of ether oxygens (including phenoxy) is 2. The van der Waals surface area contributed by atoms with Crippen LogP contribution < -0.4 is 0 Å². The normalized spacial score (nSPS) is 35.0. The van der Waals surface area contributed by atoms with Crippen LogP contribution in [0.1, 0.15) is 71.6 Å². The first-order valence-electron chi connectivity index (χ1n) is 10.7. The second-order valence-electron chi connectivity index (χ2n) is 9.07. The Morgan fingerprint density at radius 2 is 1.93 bits per heavy atom. The molecule has 152 valence electrons. The van der Waals surface area contributed by atoms with Gasteiger partial charge in [-0.25, -0.2) is 0 Å². The fourth-order valence-electron chi connectivity index (χ4n) is 5.22. The molecule has 0 radical (unpaired) electrons. The molecular weight excluding hydrogens is 352 g/mol. The van der Waals surface area contributed by atoms with E-state index in [0.29, 0.717) is 5.57 Å². The van der Waals surface area contributed by atoms with Crippen LogP contribution in [-0.2, 0) is 9.47 Å². The molecule has 0 bridgehead atoms. The lowest BCUT2D eigenvalue weighted by atomic mass is 9.64. The van der Waals surface area contributed by atoms with Gasteiger partial charge in [-0.15, -0.1) is 0 Å². The van der Waals surface area contributed by atoms with E-state index in [1.54, 1.807) is 6.08 Å². The van der Waals surface area contributed by atoms with Crippen LogP contribution in [0.5, 0.6) is 0 Å². The molecule has 0 aromatic heterocycles. The summed E-state index contributed by atoms with van der Waals surface area (Å²) in [7, 11) is 0. The summed E-state index contributed by atoms with van der Waals surface area (Å²) in [4.78, 5) is 0. The van der Waals surface area contributed by atoms with Crippen molar-refractivity contribution in [2.24, 2.45) is 0 Å². The van der Waals surface area contributed by atoms with Crippen LogP contribution in [0, 0.1) is 11.8 Å². The quantitative estimate of drug-likeness (QED) is 0.708. The highest BCUT2D eigenvalue weighted by atomic mass is 16.8. The van der Waals surface area contributed by atoms with Crippen LogP contribution in [0.25, 0.3) is 0 Å². The second-order valence-corrected chi connectivity index (χ2v) is 9.07. The fourth-order valence-corrected chi connectivity index (χ4v) is 5.22. The second kappa shape index (κ2) is 7.46. The zero-order valence-corrected chi connectivity index (χ0v) is 17.1. The van der Waals surface area contributed by atoms with Gasteiger partial charge in [0.15, 0.2) is 5.79 Å². The fraction of sp³-hybridized carbons (Fsp3) is 0.667. The number of aliphatic hydroxyl groups is 2. The minimum atomic E-state index is -0.721. The van der Waals surface area contributed by atoms with Gasteiger partial charge in [0.05, 0.1) is 12.2 Å². The van der Waals surface area contributed by atoms with Gasteiger partial charge in [-0.1, -0.05) is 37.2 Å². The molecule has 1 heterocycles. The Hall–Kier alpha value is -1.38. The molecule has 4 nitrogen and oxygen atoms in total. The molecule has 0 unspecified atom stereocenters. The molecule has 1 saturated heterocycles. The van der Waals surface area contributed by atoms with E-state index in [-0.39, 0.29) is 18.3 Å². The van der Waals surface area contributed by atoms with E-state index in [1.807, 2.05) is 19.9 Å². The van der Waals surface area contributed by atoms with E-state index in [9.17, 15) is 10.2 Å². The summed E-state index contributed by atoms with van der Waals surface area (Å²) < 4.78 is 12.6. The van der Waals surface area contributed by atoms with E-state index in [1.165, 1.54) is 6.42 Å². The Morgan fingerprint density at radius 1 is 1.18 bits per heavy atom. The lowest BCUT2D eigenvalue weighted by molar-refractivity contribution is -0.152. The summed E-state index contributed by atoms with van der Waals surface area (Å²) in [6.07, 6.45) is 14.8. The highest BCUT2D eigenvalue weighted by Gasteiger charge is 2.65. The summed E-state index contributed by atoms with van der Waals surface area (Å²) in [6, 6.07) is 0. The molecule has 4 rings (SSSR count). The molecule has 28 heavy (non-hydrogen) atoms. The standard InChI is InChI=1S/C24H32O4/c1-22(2)27-21-20(19-12-5-3-9-16-24(19,21)28-22)18(17-25)11-6-10-15-23(26)13-7-4-8-14-23/h10,12,15,21,25-26H,3-5,7-9,13-14,16-17H2,1-2H3/b15-10+,20-18-/t21-,24+/m0/s1. The van der Waals surface area contributed by atoms with Crippen LogP contribution in [-0.4, -0.2) is 39.9 Å². The molecule has 0 amide bonds. The third-order valence-electron chi connectivity index (χ3n) is 6.51. The van der Waals surface area contributed by atoms with Crippen molar-refractivity contribution in [3.8, 4) is 11.8 Å². The van der Waals surface area contributed by atoms with E-state index in [2.05, 4.69) is 17.9 Å². The van der Waals surface area contributed by atoms with Crippen LogP contribution >= 0.6 is 0 Å². The molecule has 4 aliphatic rings. The molecule has 1 spiro atoms. The van der Waals surface area contributed by atoms with E-state index in [0.717, 1.165) is 62.5 Å². The van der Waals surface area contributed by atoms with Gasteiger partial charge in [0, 0.05) is 11.1 Å². The first-order chi connectivity index (χ1) is 13.4. The number of rotatable bonds is 2. The van der Waals surface area contributed by atoms with Crippen molar-refractivity contribution in [2.75, 3.05) is 6.61 Å². The number of hydrogen-bond acceptors (Lipinski definition) is 4. The maximum atomic E-state index is 10.6. The zero-order valence-electron chi connectivity index (χ0n) is 17.1. The van der Waals surface area contributed by atoms with Gasteiger partial charge >= 0.3 is 0 Å². The Bertz CT molecular complexity index is 770. The van der Waals surface area contributed by atoms with Crippen LogP contribution in [0.3, 0.4) is 0 Å². The molecule has 2 saturated carbocycles. The largest absolute Gasteiger partial charge is 0.391 e. The topological polar surface area (TPSA) is 58.9 Å². The molecule has 2 atom stereocenters. The average Bonchev–Trinajstić information content (AvgIpc) is 2.76. The average molecular weight is 385 g/mol. The van der Waals surface area contributed by atoms with E-state index in [4.69, 9.17) is 9.47 Å². The van der Waals surface area contributed by atoms with Gasteiger partial charge in [0.25, 0.3) is 0 Å². The number of allylic oxidation sites excluding steroid dienone is 2. The van der Waals surface area contributed by atoms with Crippen LogP contribution in [0.2, 0.25) is 0 Å². The van der Waals surface area contributed by atoms with E-state index < -0.39 is 11.4 Å². The monoisotopic (exact) mass is 384 g/mol. The Morgan fingerprint density at radius 3 is 2.68 bits per heavy atom. The first kappa shape index (κ1) is 19.9. The third-order valence-corrected chi connectivity index (χ3v) is 6.51. The van der Waals surface area contributed by atoms with Crippen molar-refractivity contribution in [3.05, 3.63) is 34.9 Å². The minimum absolute atomic E-state index is 0.117. The summed E-state index contributed by atoms with van der Waals surface area (Å²) in [6.45, 7) is 3.80. The first-order valence-corrected chi connectivity index (χ1v) is 10.7. The maximum Gasteiger partial charge on any atom is 0.165 e. The lowest BCUT2D eigenvalue weighted by Gasteiger charge is -2.47. The summed E-state index contributed by atoms with van der Waals surface area (Å²) in [5.41, 5.74) is 1.78. The van der Waals surface area contributed by atoms with Crippen LogP contribution in [0.4, 0.5) is 0 Å². The van der Waals surface area contributed by atoms with Gasteiger partial charge < -0.3 is 19.7 Å². The lowest BCUT2D eigenvalue weighted by Crippen LogP contribution is -2.54. The molecule has 1 aliphatic heterocycles. The van der Waals surface area contributed by atoms with Crippen molar-refractivity contribution in [3.63, 3.8) is 0 Å². The molecular formula is C24H32O4.